The number of benzene rings is 2. The van der Waals surface area contributed by atoms with Crippen LogP contribution in [0.4, 0.5) is 0 Å². The number of aliphatic hydroxyl groups excluding tert-OH is 1. The number of nitrogens with one attached hydrogen (secondary N) is 1. The van der Waals surface area contributed by atoms with Gasteiger partial charge in [-0.3, -0.25) is 10.1 Å². The van der Waals surface area contributed by atoms with E-state index in [2.05, 4.69) is 15.0 Å². The van der Waals surface area contributed by atoms with E-state index in [1.165, 1.54) is 7.11 Å². The summed E-state index contributed by atoms with van der Waals surface area (Å²) >= 11 is 0. The van der Waals surface area contributed by atoms with Gasteiger partial charge in [-0.1, -0.05) is 30.3 Å². The quantitative estimate of drug-likeness (QED) is 0.509. The van der Waals surface area contributed by atoms with Gasteiger partial charge in [0, 0.05) is 18.5 Å². The topological polar surface area (TPSA) is 93.8 Å². The molecule has 0 spiro atoms. The van der Waals surface area contributed by atoms with Crippen molar-refractivity contribution in [1.29, 1.82) is 0 Å². The molecule has 7 heteroatoms. The van der Waals surface area contributed by atoms with Gasteiger partial charge in [0.2, 0.25) is 5.89 Å². The number of oxazole rings is 1. The zero-order valence-corrected chi connectivity index (χ0v) is 16.2. The summed E-state index contributed by atoms with van der Waals surface area (Å²) in [6, 6.07) is 16.5. The number of nitrogens with zero attached hydrogens (tertiary/aromatic N) is 1. The lowest BCUT2D eigenvalue weighted by Gasteiger charge is -2.14. The average Bonchev–Trinajstić information content (AvgIpc) is 3.24. The van der Waals surface area contributed by atoms with Gasteiger partial charge in [0.25, 0.3) is 0 Å². The first kappa shape index (κ1) is 20.6. The first-order valence-corrected chi connectivity index (χ1v) is 9.33. The van der Waals surface area contributed by atoms with Crippen LogP contribution in [0.5, 0.6) is 5.75 Å². The number of hydrogen-bond donors (Lipinski definition) is 2. The Morgan fingerprint density at radius 2 is 1.93 bits per heavy atom. The minimum Gasteiger partial charge on any atom is -0.493 e. The summed E-state index contributed by atoms with van der Waals surface area (Å²) in [6.07, 6.45) is 2.29. The molecule has 1 heterocycles. The zero-order valence-electron chi connectivity index (χ0n) is 16.2. The molecule has 3 aromatic rings. The second-order valence-corrected chi connectivity index (χ2v) is 6.39. The fraction of sp³-hybridized carbons (Fsp3) is 0.273. The molecule has 29 heavy (non-hydrogen) atoms. The first-order valence-electron chi connectivity index (χ1n) is 9.33. The van der Waals surface area contributed by atoms with Crippen molar-refractivity contribution in [2.75, 3.05) is 20.3 Å². The van der Waals surface area contributed by atoms with Crippen molar-refractivity contribution in [2.45, 2.75) is 19.0 Å². The molecule has 0 saturated carbocycles. The molecular formula is C22H24N2O5. The van der Waals surface area contributed by atoms with E-state index in [0.717, 1.165) is 22.6 Å². The van der Waals surface area contributed by atoms with Crippen molar-refractivity contribution >= 4 is 5.97 Å². The van der Waals surface area contributed by atoms with Crippen LogP contribution in [0.2, 0.25) is 0 Å². The molecule has 0 saturated heterocycles. The Hall–Kier alpha value is -3.16. The van der Waals surface area contributed by atoms with E-state index >= 15 is 0 Å². The molecule has 152 valence electrons. The summed E-state index contributed by atoms with van der Waals surface area (Å²) in [4.78, 5) is 15.9. The molecule has 0 radical (unpaired) electrons. The number of aliphatic hydroxyl groups is 1. The fourth-order valence-electron chi connectivity index (χ4n) is 2.72. The summed E-state index contributed by atoms with van der Waals surface area (Å²) < 4.78 is 15.9. The van der Waals surface area contributed by atoms with E-state index in [-0.39, 0.29) is 6.61 Å². The molecule has 1 aromatic heterocycles. The maximum absolute atomic E-state index is 11.5. The Labute approximate surface area is 169 Å². The highest BCUT2D eigenvalue weighted by molar-refractivity contribution is 5.75. The number of ether oxygens (including phenoxy) is 2. The van der Waals surface area contributed by atoms with Crippen molar-refractivity contribution in [2.24, 2.45) is 0 Å². The minimum atomic E-state index is -0.737. The van der Waals surface area contributed by atoms with Gasteiger partial charge in [0.1, 0.15) is 18.1 Å². The number of hydrogen-bond acceptors (Lipinski definition) is 7. The molecule has 0 unspecified atom stereocenters. The summed E-state index contributed by atoms with van der Waals surface area (Å²) in [5.74, 6) is 0.855. The van der Waals surface area contributed by atoms with Gasteiger partial charge < -0.3 is 19.0 Å². The van der Waals surface area contributed by atoms with Crippen molar-refractivity contribution in [1.82, 2.24) is 10.3 Å². The molecule has 2 N–H and O–H groups in total. The molecule has 0 aliphatic heterocycles. The third-order valence-corrected chi connectivity index (χ3v) is 4.34. The molecule has 0 fully saturated rings. The van der Waals surface area contributed by atoms with Gasteiger partial charge >= 0.3 is 5.97 Å². The third-order valence-electron chi connectivity index (χ3n) is 4.34. The van der Waals surface area contributed by atoms with E-state index in [9.17, 15) is 9.90 Å². The summed E-state index contributed by atoms with van der Waals surface area (Å²) in [7, 11) is 1.29. The highest BCUT2D eigenvalue weighted by Crippen LogP contribution is 2.18. The molecule has 0 amide bonds. The predicted octanol–water partition coefficient (Wildman–Crippen LogP) is 2.59. The van der Waals surface area contributed by atoms with Crippen LogP contribution in [-0.4, -0.2) is 42.4 Å². The smallest absolute Gasteiger partial charge is 0.325 e. The highest BCUT2D eigenvalue weighted by atomic mass is 16.5. The van der Waals surface area contributed by atoms with E-state index in [4.69, 9.17) is 9.15 Å². The monoisotopic (exact) mass is 396 g/mol. The van der Waals surface area contributed by atoms with Crippen molar-refractivity contribution in [3.8, 4) is 17.2 Å². The van der Waals surface area contributed by atoms with Gasteiger partial charge in [-0.25, -0.2) is 4.98 Å². The lowest BCUT2D eigenvalue weighted by Crippen LogP contribution is -2.40. The largest absolute Gasteiger partial charge is 0.493 e. The number of esters is 1. The Balaban J connectivity index is 1.45. The minimum absolute atomic E-state index is 0.318. The zero-order chi connectivity index (χ0) is 20.5. The molecule has 0 bridgehead atoms. The van der Waals surface area contributed by atoms with Crippen LogP contribution in [-0.2, 0) is 22.5 Å². The Bertz CT molecular complexity index is 893. The normalized spacial score (nSPS) is 11.8. The van der Waals surface area contributed by atoms with Crippen LogP contribution >= 0.6 is 0 Å². The summed E-state index contributed by atoms with van der Waals surface area (Å²) in [5.41, 5.74) is 2.74. The molecular weight excluding hydrogens is 372 g/mol. The standard InChI is InChI=1S/C22H24N2O5/c1-27-22(26)20(14-25)23-13-16-7-9-19(10-8-16)28-12-11-18-15-29-21(24-18)17-5-3-2-4-6-17/h2-10,15,20,23,25H,11-14H2,1H3/t20-/m0/s1. The van der Waals surface area contributed by atoms with Crippen LogP contribution in [0.1, 0.15) is 11.3 Å². The Kier molecular flexibility index (Phi) is 7.38. The SMILES string of the molecule is COC(=O)[C@H](CO)NCc1ccc(OCCc2coc(-c3ccccc3)n2)cc1. The summed E-state index contributed by atoms with van der Waals surface area (Å²) in [5, 5.41) is 12.2. The van der Waals surface area contributed by atoms with Gasteiger partial charge in [-0.15, -0.1) is 0 Å². The second kappa shape index (κ2) is 10.4. The van der Waals surface area contributed by atoms with Gasteiger partial charge in [0.15, 0.2) is 0 Å². The lowest BCUT2D eigenvalue weighted by molar-refractivity contribution is -0.144. The maximum Gasteiger partial charge on any atom is 0.325 e. The first-order chi connectivity index (χ1) is 14.2. The highest BCUT2D eigenvalue weighted by Gasteiger charge is 2.16. The van der Waals surface area contributed by atoms with Crippen LogP contribution in [0.25, 0.3) is 11.5 Å². The van der Waals surface area contributed by atoms with Crippen molar-refractivity contribution < 1.29 is 23.8 Å². The lowest BCUT2D eigenvalue weighted by atomic mass is 10.2. The number of carbonyl (C=O) groups is 1. The Morgan fingerprint density at radius 1 is 1.17 bits per heavy atom. The van der Waals surface area contributed by atoms with Crippen LogP contribution in [0.15, 0.2) is 65.3 Å². The average molecular weight is 396 g/mol. The second-order valence-electron chi connectivity index (χ2n) is 6.39. The van der Waals surface area contributed by atoms with Gasteiger partial charge in [-0.05, 0) is 29.8 Å². The van der Waals surface area contributed by atoms with Crippen LogP contribution in [0.3, 0.4) is 0 Å². The molecule has 0 aliphatic carbocycles. The van der Waals surface area contributed by atoms with E-state index in [1.807, 2.05) is 54.6 Å². The predicted molar refractivity (Wildman–Crippen MR) is 107 cm³/mol. The van der Waals surface area contributed by atoms with E-state index in [0.29, 0.717) is 25.5 Å². The van der Waals surface area contributed by atoms with Crippen molar-refractivity contribution in [3.63, 3.8) is 0 Å². The van der Waals surface area contributed by atoms with E-state index in [1.54, 1.807) is 6.26 Å². The van der Waals surface area contributed by atoms with Crippen molar-refractivity contribution in [3.05, 3.63) is 72.1 Å². The molecule has 2 aromatic carbocycles. The molecule has 3 rings (SSSR count). The molecule has 7 nitrogen and oxygen atoms in total. The number of carbonyl (C=O) groups excluding carboxylic acids is 1. The van der Waals surface area contributed by atoms with Crippen LogP contribution < -0.4 is 10.1 Å². The Morgan fingerprint density at radius 3 is 2.62 bits per heavy atom. The number of methoxy groups -OCH3 is 1. The van der Waals surface area contributed by atoms with Gasteiger partial charge in [-0.2, -0.15) is 0 Å². The fourth-order valence-corrected chi connectivity index (χ4v) is 2.72. The van der Waals surface area contributed by atoms with Crippen LogP contribution in [0, 0.1) is 0 Å². The maximum atomic E-state index is 11.5. The van der Waals surface area contributed by atoms with Gasteiger partial charge in [0.05, 0.1) is 26.0 Å². The molecule has 0 aliphatic rings. The molecule has 1 atom stereocenters. The summed E-state index contributed by atoms with van der Waals surface area (Å²) in [6.45, 7) is 0.594. The third kappa shape index (κ3) is 5.91. The number of aromatic nitrogens is 1. The number of rotatable bonds is 10. The van der Waals surface area contributed by atoms with E-state index < -0.39 is 12.0 Å².